The van der Waals surface area contributed by atoms with Gasteiger partial charge < -0.3 is 20.3 Å². The maximum absolute atomic E-state index is 5.79. The molecule has 1 aliphatic carbocycles. The normalized spacial score (nSPS) is 23.7. The molecule has 1 aromatic heterocycles. The third-order valence-electron chi connectivity index (χ3n) is 4.59. The van der Waals surface area contributed by atoms with Crippen molar-refractivity contribution in [3.63, 3.8) is 0 Å². The standard InChI is InChI=1S/C19H29N5O.HI/c1-14-12-24(13-15(2)25-14)18-9-8-16(10-21-18)11-22-19(20-3)23-17-6-4-5-7-17;/h4-5,8-10,14-15,17H,6-7,11-13H2,1-3H3,(H2,20,22,23);1H. The highest BCUT2D eigenvalue weighted by atomic mass is 127. The summed E-state index contributed by atoms with van der Waals surface area (Å²) in [6.07, 6.45) is 8.97. The second-order valence-electron chi connectivity index (χ2n) is 6.90. The van der Waals surface area contributed by atoms with Crippen molar-refractivity contribution in [1.29, 1.82) is 0 Å². The Hall–Kier alpha value is -1.35. The van der Waals surface area contributed by atoms with E-state index < -0.39 is 0 Å². The van der Waals surface area contributed by atoms with Gasteiger partial charge in [-0.25, -0.2) is 4.98 Å². The van der Waals surface area contributed by atoms with E-state index in [2.05, 4.69) is 63.6 Å². The highest BCUT2D eigenvalue weighted by Gasteiger charge is 2.23. The van der Waals surface area contributed by atoms with Gasteiger partial charge in [0.25, 0.3) is 0 Å². The molecule has 6 nitrogen and oxygen atoms in total. The zero-order valence-corrected chi connectivity index (χ0v) is 18.1. The summed E-state index contributed by atoms with van der Waals surface area (Å²) in [5.41, 5.74) is 1.14. The molecule has 1 fully saturated rings. The quantitative estimate of drug-likeness (QED) is 0.306. The summed E-state index contributed by atoms with van der Waals surface area (Å²) >= 11 is 0. The van der Waals surface area contributed by atoms with E-state index in [1.165, 1.54) is 0 Å². The van der Waals surface area contributed by atoms with Crippen molar-refractivity contribution in [2.24, 2.45) is 4.99 Å². The van der Waals surface area contributed by atoms with Crippen LogP contribution in [-0.2, 0) is 11.3 Å². The van der Waals surface area contributed by atoms with Crippen molar-refractivity contribution in [2.75, 3.05) is 25.0 Å². The van der Waals surface area contributed by atoms with Crippen molar-refractivity contribution < 1.29 is 4.74 Å². The molecule has 26 heavy (non-hydrogen) atoms. The lowest BCUT2D eigenvalue weighted by Crippen LogP contribution is -2.45. The third kappa shape index (κ3) is 5.84. The first kappa shape index (κ1) is 21.0. The van der Waals surface area contributed by atoms with Gasteiger partial charge in [-0.2, -0.15) is 0 Å². The number of rotatable bonds is 4. The molecule has 0 amide bonds. The van der Waals surface area contributed by atoms with E-state index >= 15 is 0 Å². The Labute approximate surface area is 173 Å². The first-order chi connectivity index (χ1) is 12.1. The highest BCUT2D eigenvalue weighted by molar-refractivity contribution is 14.0. The minimum atomic E-state index is 0. The molecule has 0 aromatic carbocycles. The largest absolute Gasteiger partial charge is 0.372 e. The van der Waals surface area contributed by atoms with Crippen molar-refractivity contribution >= 4 is 35.8 Å². The number of anilines is 1. The summed E-state index contributed by atoms with van der Waals surface area (Å²) in [6, 6.07) is 4.68. The predicted molar refractivity (Wildman–Crippen MR) is 117 cm³/mol. The van der Waals surface area contributed by atoms with Crippen LogP contribution in [0, 0.1) is 0 Å². The van der Waals surface area contributed by atoms with Gasteiger partial charge in [-0.05, 0) is 38.3 Å². The summed E-state index contributed by atoms with van der Waals surface area (Å²) in [4.78, 5) is 11.2. The molecule has 0 bridgehead atoms. The first-order valence-electron chi connectivity index (χ1n) is 9.11. The Morgan fingerprint density at radius 2 is 1.92 bits per heavy atom. The Morgan fingerprint density at radius 1 is 1.23 bits per heavy atom. The van der Waals surface area contributed by atoms with Crippen LogP contribution < -0.4 is 15.5 Å². The van der Waals surface area contributed by atoms with Gasteiger partial charge in [0, 0.05) is 38.9 Å². The number of nitrogens with one attached hydrogen (secondary N) is 2. The Balaban J connectivity index is 0.00000243. The molecule has 144 valence electrons. The van der Waals surface area contributed by atoms with Gasteiger partial charge in [0.1, 0.15) is 5.82 Å². The van der Waals surface area contributed by atoms with Gasteiger partial charge in [0.15, 0.2) is 5.96 Å². The number of hydrogen-bond acceptors (Lipinski definition) is 4. The smallest absolute Gasteiger partial charge is 0.191 e. The summed E-state index contributed by atoms with van der Waals surface area (Å²) in [5, 5.41) is 6.81. The number of aliphatic imine (C=N–C) groups is 1. The Kier molecular flexibility index (Phi) is 8.15. The van der Waals surface area contributed by atoms with Crippen LogP contribution in [0.25, 0.3) is 0 Å². The maximum Gasteiger partial charge on any atom is 0.191 e. The van der Waals surface area contributed by atoms with Gasteiger partial charge >= 0.3 is 0 Å². The molecule has 2 heterocycles. The molecular formula is C19H30IN5O. The minimum Gasteiger partial charge on any atom is -0.372 e. The fraction of sp³-hybridized carbons (Fsp3) is 0.579. The average molecular weight is 471 g/mol. The van der Waals surface area contributed by atoms with Crippen LogP contribution in [0.2, 0.25) is 0 Å². The molecule has 3 rings (SSSR count). The summed E-state index contributed by atoms with van der Waals surface area (Å²) in [7, 11) is 1.81. The lowest BCUT2D eigenvalue weighted by molar-refractivity contribution is -0.00545. The molecule has 2 unspecified atom stereocenters. The van der Waals surface area contributed by atoms with Crippen LogP contribution in [0.3, 0.4) is 0 Å². The van der Waals surface area contributed by atoms with E-state index in [1.54, 1.807) is 7.05 Å². The molecule has 0 saturated carbocycles. The van der Waals surface area contributed by atoms with E-state index in [0.717, 1.165) is 43.3 Å². The van der Waals surface area contributed by atoms with Gasteiger partial charge in [0.05, 0.1) is 12.2 Å². The monoisotopic (exact) mass is 471 g/mol. The molecule has 0 radical (unpaired) electrons. The molecule has 1 aromatic rings. The number of pyridine rings is 1. The summed E-state index contributed by atoms with van der Waals surface area (Å²) in [5.74, 6) is 1.86. The average Bonchev–Trinajstić information content (AvgIpc) is 3.11. The fourth-order valence-electron chi connectivity index (χ4n) is 3.38. The van der Waals surface area contributed by atoms with Crippen LogP contribution in [0.15, 0.2) is 35.5 Å². The number of aromatic nitrogens is 1. The van der Waals surface area contributed by atoms with E-state index in [1.807, 2.05) is 6.20 Å². The number of hydrogen-bond donors (Lipinski definition) is 2. The fourth-order valence-corrected chi connectivity index (χ4v) is 3.38. The van der Waals surface area contributed by atoms with Gasteiger partial charge in [-0.3, -0.25) is 4.99 Å². The van der Waals surface area contributed by atoms with Crippen molar-refractivity contribution in [3.05, 3.63) is 36.0 Å². The molecule has 2 atom stereocenters. The van der Waals surface area contributed by atoms with Gasteiger partial charge in [-0.15, -0.1) is 24.0 Å². The second-order valence-corrected chi connectivity index (χ2v) is 6.90. The molecule has 1 saturated heterocycles. The number of ether oxygens (including phenoxy) is 1. The molecule has 1 aliphatic heterocycles. The first-order valence-corrected chi connectivity index (χ1v) is 9.11. The topological polar surface area (TPSA) is 61.8 Å². The minimum absolute atomic E-state index is 0. The Morgan fingerprint density at radius 3 is 2.50 bits per heavy atom. The number of nitrogens with zero attached hydrogens (tertiary/aromatic N) is 3. The van der Waals surface area contributed by atoms with E-state index in [4.69, 9.17) is 4.74 Å². The highest BCUT2D eigenvalue weighted by Crippen LogP contribution is 2.18. The Bertz CT molecular complexity index is 601. The number of guanidine groups is 1. The zero-order valence-electron chi connectivity index (χ0n) is 15.8. The van der Waals surface area contributed by atoms with Crippen molar-refractivity contribution in [3.8, 4) is 0 Å². The van der Waals surface area contributed by atoms with Crippen LogP contribution in [0.4, 0.5) is 5.82 Å². The number of halogens is 1. The van der Waals surface area contributed by atoms with Crippen LogP contribution in [0.1, 0.15) is 32.3 Å². The van der Waals surface area contributed by atoms with Crippen LogP contribution in [-0.4, -0.2) is 49.3 Å². The van der Waals surface area contributed by atoms with E-state index in [9.17, 15) is 0 Å². The molecule has 2 N–H and O–H groups in total. The molecule has 7 heteroatoms. The van der Waals surface area contributed by atoms with Crippen LogP contribution in [0.5, 0.6) is 0 Å². The summed E-state index contributed by atoms with van der Waals surface area (Å²) in [6.45, 7) is 6.71. The van der Waals surface area contributed by atoms with Crippen molar-refractivity contribution in [2.45, 2.75) is 51.5 Å². The molecule has 2 aliphatic rings. The second kappa shape index (κ2) is 10.1. The zero-order chi connectivity index (χ0) is 17.6. The lowest BCUT2D eigenvalue weighted by Gasteiger charge is -2.36. The van der Waals surface area contributed by atoms with E-state index in [-0.39, 0.29) is 36.2 Å². The predicted octanol–water partition coefficient (Wildman–Crippen LogP) is 2.70. The van der Waals surface area contributed by atoms with Crippen LogP contribution >= 0.6 is 24.0 Å². The SMILES string of the molecule is CN=C(NCc1ccc(N2CC(C)OC(C)C2)nc1)NC1CC=CC1.I. The van der Waals surface area contributed by atoms with Crippen molar-refractivity contribution in [1.82, 2.24) is 15.6 Å². The number of morpholine rings is 1. The van der Waals surface area contributed by atoms with Gasteiger partial charge in [0.2, 0.25) is 0 Å². The third-order valence-corrected chi connectivity index (χ3v) is 4.59. The molecule has 0 spiro atoms. The summed E-state index contributed by atoms with van der Waals surface area (Å²) < 4.78 is 5.79. The van der Waals surface area contributed by atoms with E-state index in [0.29, 0.717) is 12.6 Å². The lowest BCUT2D eigenvalue weighted by atomic mass is 10.2. The molecular weight excluding hydrogens is 441 g/mol. The maximum atomic E-state index is 5.79. The van der Waals surface area contributed by atoms with Gasteiger partial charge in [-0.1, -0.05) is 18.2 Å².